The van der Waals surface area contributed by atoms with Crippen molar-refractivity contribution in [2.45, 2.75) is 50.1 Å². The molecule has 0 unspecified atom stereocenters. The molecule has 0 aliphatic carbocycles. The molecule has 1 amide bonds. The van der Waals surface area contributed by atoms with Crippen molar-refractivity contribution in [3.05, 3.63) is 97.7 Å². The summed E-state index contributed by atoms with van der Waals surface area (Å²) in [6, 6.07) is 13.8. The van der Waals surface area contributed by atoms with Gasteiger partial charge in [-0.2, -0.15) is 5.26 Å². The van der Waals surface area contributed by atoms with E-state index in [1.165, 1.54) is 30.3 Å². The quantitative estimate of drug-likeness (QED) is 0.273. The molecule has 7 nitrogen and oxygen atoms in total. The van der Waals surface area contributed by atoms with Crippen LogP contribution in [0.4, 0.5) is 10.1 Å². The zero-order valence-corrected chi connectivity index (χ0v) is 24.7. The number of nitrogens with zero attached hydrogens (tertiary/aromatic N) is 1. The van der Waals surface area contributed by atoms with E-state index in [-0.39, 0.29) is 34.0 Å². The Hall–Kier alpha value is -3.48. The van der Waals surface area contributed by atoms with Crippen molar-refractivity contribution < 1.29 is 23.9 Å². The lowest BCUT2D eigenvalue weighted by Gasteiger charge is -2.37. The van der Waals surface area contributed by atoms with E-state index in [2.05, 4.69) is 16.7 Å². The third kappa shape index (κ3) is 4.95. The van der Waals surface area contributed by atoms with Crippen LogP contribution >= 0.6 is 34.8 Å². The third-order valence-electron chi connectivity index (χ3n) is 8.15. The minimum atomic E-state index is -1.52. The van der Waals surface area contributed by atoms with E-state index in [0.29, 0.717) is 21.8 Å². The normalized spacial score (nSPS) is 23.0. The molecule has 216 valence electrons. The number of benzene rings is 3. The minimum Gasteiger partial charge on any atom is -0.478 e. The fraction of sp³-hybridized carbons (Fsp3) is 0.290. The van der Waals surface area contributed by atoms with Crippen molar-refractivity contribution in [3.8, 4) is 6.07 Å². The van der Waals surface area contributed by atoms with Gasteiger partial charge in [0, 0.05) is 34.1 Å². The smallest absolute Gasteiger partial charge is 0.335 e. The molecule has 42 heavy (non-hydrogen) atoms. The van der Waals surface area contributed by atoms with Gasteiger partial charge in [0.2, 0.25) is 5.91 Å². The first kappa shape index (κ1) is 30.0. The number of nitrogens with one attached hydrogen (secondary N) is 2. The van der Waals surface area contributed by atoms with Gasteiger partial charge in [0.1, 0.15) is 11.2 Å². The lowest BCUT2D eigenvalue weighted by Crippen LogP contribution is -2.50. The molecule has 4 atom stereocenters. The fourth-order valence-corrected chi connectivity index (χ4v) is 6.87. The molecule has 0 aromatic heterocycles. The lowest BCUT2D eigenvalue weighted by molar-refractivity contribution is -0.122. The standard InChI is InChI=1S/C31H25Cl3FN3O4/c1-30(2,14-36)13-24-31(19-9-8-17(32)12-22(19)37-29(31)42)25(18-4-3-5-20(33)26(18)35)27(38-24)23(39)11-15-6-7-16(28(40)41)10-21(15)34/h3-10,12,24-25,27,38H,11,13H2,1-2H3,(H,37,42)(H,40,41)/t24-,25-,27-,31+/m0/s1. The zero-order valence-electron chi connectivity index (χ0n) is 22.5. The van der Waals surface area contributed by atoms with Crippen LogP contribution in [0.5, 0.6) is 0 Å². The SMILES string of the molecule is CC(C)(C#N)C[C@@H]1N[C@@H](C(=O)Cc2ccc(C(=O)O)cc2Cl)[C@H](c2cccc(Cl)c2F)[C@]12C(=O)Nc1cc(Cl)ccc12. The third-order valence-corrected chi connectivity index (χ3v) is 9.03. The molecule has 3 N–H and O–H groups in total. The maximum absolute atomic E-state index is 15.9. The van der Waals surface area contributed by atoms with Gasteiger partial charge in [-0.1, -0.05) is 59.1 Å². The van der Waals surface area contributed by atoms with Gasteiger partial charge in [0.05, 0.1) is 28.1 Å². The van der Waals surface area contributed by atoms with Crippen LogP contribution in [0.15, 0.2) is 54.6 Å². The van der Waals surface area contributed by atoms with Crippen molar-refractivity contribution in [3.63, 3.8) is 0 Å². The van der Waals surface area contributed by atoms with Crippen molar-refractivity contribution in [2.24, 2.45) is 5.41 Å². The van der Waals surface area contributed by atoms with Crippen molar-refractivity contribution in [2.75, 3.05) is 5.32 Å². The van der Waals surface area contributed by atoms with Gasteiger partial charge in [0.15, 0.2) is 5.78 Å². The number of ketones is 1. The van der Waals surface area contributed by atoms with Gasteiger partial charge in [-0.3, -0.25) is 9.59 Å². The van der Waals surface area contributed by atoms with Gasteiger partial charge in [0.25, 0.3) is 0 Å². The summed E-state index contributed by atoms with van der Waals surface area (Å²) in [4.78, 5) is 39.7. The second-order valence-electron chi connectivity index (χ2n) is 11.3. The molecule has 2 aliphatic heterocycles. The molecule has 2 aliphatic rings. The van der Waals surface area contributed by atoms with Crippen LogP contribution in [-0.4, -0.2) is 34.8 Å². The summed E-state index contributed by atoms with van der Waals surface area (Å²) in [5.41, 5.74) is -1.09. The summed E-state index contributed by atoms with van der Waals surface area (Å²) in [5.74, 6) is -3.88. The number of hydrogen-bond donors (Lipinski definition) is 3. The second kappa shape index (κ2) is 11.0. The van der Waals surface area contributed by atoms with E-state index >= 15 is 4.39 Å². The van der Waals surface area contributed by atoms with E-state index in [0.717, 1.165) is 0 Å². The molecule has 11 heteroatoms. The number of carboxylic acids is 1. The van der Waals surface area contributed by atoms with Crippen LogP contribution in [0.2, 0.25) is 15.1 Å². The maximum atomic E-state index is 15.9. The van der Waals surface area contributed by atoms with Gasteiger partial charge in [-0.15, -0.1) is 0 Å². The van der Waals surface area contributed by atoms with E-state index in [9.17, 15) is 24.8 Å². The largest absolute Gasteiger partial charge is 0.478 e. The summed E-state index contributed by atoms with van der Waals surface area (Å²) >= 11 is 18.8. The number of carbonyl (C=O) groups is 3. The molecule has 1 spiro atoms. The van der Waals surface area contributed by atoms with Gasteiger partial charge in [-0.05, 0) is 67.3 Å². The number of fused-ring (bicyclic) bond motifs is 2. The fourth-order valence-electron chi connectivity index (χ4n) is 6.27. The Balaban J connectivity index is 1.71. The number of anilines is 1. The highest BCUT2D eigenvalue weighted by atomic mass is 35.5. The Morgan fingerprint density at radius 1 is 1.10 bits per heavy atom. The average molecular weight is 629 g/mol. The first-order chi connectivity index (χ1) is 19.8. The number of amides is 1. The van der Waals surface area contributed by atoms with Crippen LogP contribution in [0.3, 0.4) is 0 Å². The van der Waals surface area contributed by atoms with Crippen LogP contribution in [-0.2, 0) is 21.4 Å². The predicted octanol–water partition coefficient (Wildman–Crippen LogP) is 6.55. The van der Waals surface area contributed by atoms with Crippen LogP contribution in [0, 0.1) is 22.6 Å². The molecular formula is C31H25Cl3FN3O4. The number of carboxylic acid groups (broad SMARTS) is 1. The van der Waals surface area contributed by atoms with Gasteiger partial charge in [-0.25, -0.2) is 9.18 Å². The van der Waals surface area contributed by atoms with E-state index in [4.69, 9.17) is 34.8 Å². The van der Waals surface area contributed by atoms with E-state index in [1.807, 2.05) is 0 Å². The van der Waals surface area contributed by atoms with Crippen LogP contribution < -0.4 is 10.6 Å². The number of halogens is 4. The predicted molar refractivity (Wildman–Crippen MR) is 158 cm³/mol. The molecule has 1 saturated heterocycles. The molecule has 5 rings (SSSR count). The molecule has 0 radical (unpaired) electrons. The van der Waals surface area contributed by atoms with E-state index in [1.54, 1.807) is 38.1 Å². The topological polar surface area (TPSA) is 119 Å². The number of hydrogen-bond acceptors (Lipinski definition) is 5. The Bertz CT molecular complexity index is 1690. The monoisotopic (exact) mass is 627 g/mol. The summed E-state index contributed by atoms with van der Waals surface area (Å²) in [7, 11) is 0. The van der Waals surface area contributed by atoms with Gasteiger partial charge >= 0.3 is 5.97 Å². The van der Waals surface area contributed by atoms with Crippen molar-refractivity contribution in [1.29, 1.82) is 5.26 Å². The second-order valence-corrected chi connectivity index (χ2v) is 12.5. The Kier molecular flexibility index (Phi) is 7.84. The lowest BCUT2D eigenvalue weighted by atomic mass is 9.62. The summed E-state index contributed by atoms with van der Waals surface area (Å²) in [6.45, 7) is 3.46. The number of carbonyl (C=O) groups excluding carboxylic acids is 2. The highest BCUT2D eigenvalue weighted by Crippen LogP contribution is 2.57. The molecule has 3 aromatic rings. The highest BCUT2D eigenvalue weighted by Gasteiger charge is 2.66. The zero-order chi connectivity index (χ0) is 30.6. The van der Waals surface area contributed by atoms with Crippen molar-refractivity contribution in [1.82, 2.24) is 5.32 Å². The first-order valence-electron chi connectivity index (χ1n) is 13.1. The van der Waals surface area contributed by atoms with Crippen LogP contribution in [0.25, 0.3) is 0 Å². The molecule has 0 bridgehead atoms. The summed E-state index contributed by atoms with van der Waals surface area (Å²) in [6.07, 6.45) is -0.0792. The summed E-state index contributed by atoms with van der Waals surface area (Å²) in [5, 5.41) is 25.7. The minimum absolute atomic E-state index is 0.0373. The van der Waals surface area contributed by atoms with Gasteiger partial charge < -0.3 is 15.7 Å². The molecule has 3 aromatic carbocycles. The Morgan fingerprint density at radius 2 is 1.83 bits per heavy atom. The Morgan fingerprint density at radius 3 is 2.50 bits per heavy atom. The maximum Gasteiger partial charge on any atom is 0.335 e. The Labute approximate surface area is 256 Å². The van der Waals surface area contributed by atoms with Crippen LogP contribution in [0.1, 0.15) is 53.2 Å². The molecular weight excluding hydrogens is 604 g/mol. The molecule has 1 fully saturated rings. The molecule has 2 heterocycles. The molecule has 0 saturated carbocycles. The highest BCUT2D eigenvalue weighted by molar-refractivity contribution is 6.32. The first-order valence-corrected chi connectivity index (χ1v) is 14.2. The number of rotatable bonds is 7. The number of Topliss-reactive ketones (excluding diaryl/α,β-unsaturated/α-hetero) is 1. The van der Waals surface area contributed by atoms with E-state index < -0.39 is 52.3 Å². The van der Waals surface area contributed by atoms with Crippen molar-refractivity contribution >= 4 is 58.1 Å². The number of aromatic carboxylic acids is 1. The average Bonchev–Trinajstić information content (AvgIpc) is 3.40. The summed E-state index contributed by atoms with van der Waals surface area (Å²) < 4.78 is 15.9. The number of nitriles is 1.